The predicted octanol–water partition coefficient (Wildman–Crippen LogP) is 3.59. The van der Waals surface area contributed by atoms with Crippen molar-refractivity contribution in [3.05, 3.63) is 63.4 Å². The van der Waals surface area contributed by atoms with Crippen LogP contribution in [0.4, 0.5) is 11.4 Å². The molecule has 3 rings (SSSR count). The van der Waals surface area contributed by atoms with Crippen LogP contribution < -0.4 is 4.90 Å². The minimum Gasteiger partial charge on any atom is -0.465 e. The summed E-state index contributed by atoms with van der Waals surface area (Å²) in [5.41, 5.74) is 0.455. The fourth-order valence-corrected chi connectivity index (χ4v) is 3.20. The van der Waals surface area contributed by atoms with E-state index in [1.165, 1.54) is 35.4 Å². The molecule has 8 heteroatoms. The van der Waals surface area contributed by atoms with E-state index in [9.17, 15) is 14.9 Å². The summed E-state index contributed by atoms with van der Waals surface area (Å²) in [5.74, 6) is 0.282. The lowest BCUT2D eigenvalue weighted by molar-refractivity contribution is -0.384. The van der Waals surface area contributed by atoms with Crippen LogP contribution in [0.1, 0.15) is 5.76 Å². The van der Waals surface area contributed by atoms with Gasteiger partial charge in [-0.3, -0.25) is 19.8 Å². The Bertz CT molecular complexity index is 782. The lowest BCUT2D eigenvalue weighted by atomic mass is 10.2. The molecular weight excluding hydrogens is 324 g/mol. The van der Waals surface area contributed by atoms with E-state index < -0.39 is 4.92 Å². The minimum absolute atomic E-state index is 0.0414. The van der Waals surface area contributed by atoms with E-state index in [0.717, 1.165) is 11.8 Å². The third kappa shape index (κ3) is 2.66. The van der Waals surface area contributed by atoms with Crippen molar-refractivity contribution < 1.29 is 14.1 Å². The molecule has 0 bridgehead atoms. The number of benzene rings is 1. The molecule has 0 radical (unpaired) electrons. The molecule has 0 aliphatic carbocycles. The van der Waals surface area contributed by atoms with Gasteiger partial charge in [0.2, 0.25) is 0 Å². The van der Waals surface area contributed by atoms with E-state index in [1.54, 1.807) is 18.2 Å². The standard InChI is InChI=1S/C14H8N2O4S2/c17-13-12(8-11-2-1-7-20-11)22-14(21)15(13)9-3-5-10(6-4-9)16(18)19/h1-8H. The van der Waals surface area contributed by atoms with Gasteiger partial charge in [-0.15, -0.1) is 0 Å². The summed E-state index contributed by atoms with van der Waals surface area (Å²) >= 11 is 6.38. The number of anilines is 1. The maximum absolute atomic E-state index is 12.4. The smallest absolute Gasteiger partial charge is 0.270 e. The highest BCUT2D eigenvalue weighted by Crippen LogP contribution is 2.36. The van der Waals surface area contributed by atoms with E-state index in [0.29, 0.717) is 20.7 Å². The van der Waals surface area contributed by atoms with E-state index in [-0.39, 0.29) is 11.6 Å². The molecule has 1 aliphatic heterocycles. The van der Waals surface area contributed by atoms with Crippen LogP contribution in [0, 0.1) is 10.1 Å². The van der Waals surface area contributed by atoms with Gasteiger partial charge in [0.15, 0.2) is 4.32 Å². The highest BCUT2D eigenvalue weighted by Gasteiger charge is 2.33. The number of furan rings is 1. The number of nitro groups is 1. The normalized spacial score (nSPS) is 16.5. The number of hydrogen-bond acceptors (Lipinski definition) is 6. The van der Waals surface area contributed by atoms with Crippen LogP contribution in [-0.2, 0) is 4.79 Å². The average Bonchev–Trinajstić information content (AvgIpc) is 3.09. The summed E-state index contributed by atoms with van der Waals surface area (Å²) in [6.07, 6.45) is 3.13. The summed E-state index contributed by atoms with van der Waals surface area (Å²) in [6.45, 7) is 0. The van der Waals surface area contributed by atoms with Gasteiger partial charge in [0.1, 0.15) is 5.76 Å². The van der Waals surface area contributed by atoms with Gasteiger partial charge in [0.25, 0.3) is 11.6 Å². The SMILES string of the molecule is O=C1C(=Cc2ccco2)SC(=S)N1c1ccc([N+](=O)[O-])cc1. The molecule has 22 heavy (non-hydrogen) atoms. The molecule has 1 aromatic heterocycles. The third-order valence-corrected chi connectivity index (χ3v) is 4.23. The first-order valence-corrected chi connectivity index (χ1v) is 7.34. The zero-order valence-corrected chi connectivity index (χ0v) is 12.6. The number of carbonyl (C=O) groups is 1. The monoisotopic (exact) mass is 332 g/mol. The van der Waals surface area contributed by atoms with Crippen molar-refractivity contribution in [1.29, 1.82) is 0 Å². The van der Waals surface area contributed by atoms with Crippen LogP contribution in [0.3, 0.4) is 0 Å². The Labute approximate surface area is 134 Å². The molecule has 1 aliphatic rings. The van der Waals surface area contributed by atoms with Gasteiger partial charge in [-0.1, -0.05) is 24.0 Å². The first-order valence-electron chi connectivity index (χ1n) is 6.12. The Morgan fingerprint density at radius 3 is 2.59 bits per heavy atom. The molecule has 0 unspecified atom stereocenters. The van der Waals surface area contributed by atoms with Gasteiger partial charge in [0, 0.05) is 18.2 Å². The molecule has 1 saturated heterocycles. The summed E-state index contributed by atoms with van der Waals surface area (Å²) in [5, 5.41) is 10.7. The minimum atomic E-state index is -0.495. The van der Waals surface area contributed by atoms with Gasteiger partial charge in [-0.05, 0) is 24.3 Å². The lowest BCUT2D eigenvalue weighted by Gasteiger charge is -2.13. The first-order chi connectivity index (χ1) is 10.6. The molecular formula is C14H8N2O4S2. The summed E-state index contributed by atoms with van der Waals surface area (Å²) < 4.78 is 5.56. The summed E-state index contributed by atoms with van der Waals surface area (Å²) in [4.78, 5) is 24.4. The zero-order chi connectivity index (χ0) is 15.7. The third-order valence-electron chi connectivity index (χ3n) is 2.93. The molecule has 0 spiro atoms. The van der Waals surface area contributed by atoms with Crippen LogP contribution in [-0.4, -0.2) is 15.2 Å². The Morgan fingerprint density at radius 2 is 2.00 bits per heavy atom. The van der Waals surface area contributed by atoms with Crippen molar-refractivity contribution in [2.45, 2.75) is 0 Å². The number of carbonyl (C=O) groups excluding carboxylic acids is 1. The molecule has 6 nitrogen and oxygen atoms in total. The topological polar surface area (TPSA) is 76.6 Å². The second-order valence-corrected chi connectivity index (χ2v) is 5.98. The van der Waals surface area contributed by atoms with Gasteiger partial charge in [0.05, 0.1) is 21.8 Å². The molecule has 0 saturated carbocycles. The average molecular weight is 332 g/mol. The number of non-ortho nitro benzene ring substituents is 1. The summed E-state index contributed by atoms with van der Waals surface area (Å²) in [7, 11) is 0. The number of nitro benzene ring substituents is 1. The van der Waals surface area contributed by atoms with Gasteiger partial charge >= 0.3 is 0 Å². The van der Waals surface area contributed by atoms with Crippen molar-refractivity contribution in [2.24, 2.45) is 0 Å². The molecule has 0 atom stereocenters. The molecule has 1 fully saturated rings. The van der Waals surface area contributed by atoms with E-state index in [2.05, 4.69) is 0 Å². The van der Waals surface area contributed by atoms with Crippen molar-refractivity contribution >= 4 is 51.7 Å². The fourth-order valence-electron chi connectivity index (χ4n) is 1.92. The van der Waals surface area contributed by atoms with E-state index >= 15 is 0 Å². The number of thioether (sulfide) groups is 1. The molecule has 1 aromatic carbocycles. The molecule has 2 heterocycles. The van der Waals surface area contributed by atoms with Gasteiger partial charge < -0.3 is 4.42 Å². The first kappa shape index (κ1) is 14.5. The Balaban J connectivity index is 1.90. The Morgan fingerprint density at radius 1 is 1.27 bits per heavy atom. The Hall–Kier alpha value is -2.45. The number of hydrogen-bond donors (Lipinski definition) is 0. The second-order valence-electron chi connectivity index (χ2n) is 4.31. The van der Waals surface area contributed by atoms with Crippen molar-refractivity contribution in [3.63, 3.8) is 0 Å². The van der Waals surface area contributed by atoms with Crippen LogP contribution >= 0.6 is 24.0 Å². The van der Waals surface area contributed by atoms with Crippen LogP contribution in [0.5, 0.6) is 0 Å². The fraction of sp³-hybridized carbons (Fsp3) is 0. The molecule has 0 N–H and O–H groups in total. The van der Waals surface area contributed by atoms with Gasteiger partial charge in [-0.25, -0.2) is 0 Å². The second kappa shape index (κ2) is 5.74. The van der Waals surface area contributed by atoms with Crippen molar-refractivity contribution in [1.82, 2.24) is 0 Å². The van der Waals surface area contributed by atoms with Crippen LogP contribution in [0.2, 0.25) is 0 Å². The highest BCUT2D eigenvalue weighted by molar-refractivity contribution is 8.27. The van der Waals surface area contributed by atoms with Crippen molar-refractivity contribution in [2.75, 3.05) is 4.90 Å². The van der Waals surface area contributed by atoms with Crippen molar-refractivity contribution in [3.8, 4) is 0 Å². The van der Waals surface area contributed by atoms with Gasteiger partial charge in [-0.2, -0.15) is 0 Å². The Kier molecular flexibility index (Phi) is 3.78. The number of amides is 1. The predicted molar refractivity (Wildman–Crippen MR) is 87.5 cm³/mol. The van der Waals surface area contributed by atoms with E-state index in [1.807, 2.05) is 0 Å². The number of thiocarbonyl (C=S) groups is 1. The highest BCUT2D eigenvalue weighted by atomic mass is 32.2. The maximum atomic E-state index is 12.4. The summed E-state index contributed by atoms with van der Waals surface area (Å²) in [6, 6.07) is 9.13. The molecule has 1 amide bonds. The van der Waals surface area contributed by atoms with E-state index in [4.69, 9.17) is 16.6 Å². The number of rotatable bonds is 3. The number of nitrogens with zero attached hydrogens (tertiary/aromatic N) is 2. The van der Waals surface area contributed by atoms with Crippen LogP contribution in [0.15, 0.2) is 52.0 Å². The molecule has 110 valence electrons. The quantitative estimate of drug-likeness (QED) is 0.370. The maximum Gasteiger partial charge on any atom is 0.270 e. The zero-order valence-electron chi connectivity index (χ0n) is 11.0. The molecule has 2 aromatic rings. The largest absolute Gasteiger partial charge is 0.465 e. The lowest BCUT2D eigenvalue weighted by Crippen LogP contribution is -2.27. The van der Waals surface area contributed by atoms with Crippen LogP contribution in [0.25, 0.3) is 6.08 Å².